The van der Waals surface area contributed by atoms with Gasteiger partial charge < -0.3 is 10.2 Å². The van der Waals surface area contributed by atoms with Crippen molar-refractivity contribution in [1.29, 1.82) is 0 Å². The predicted octanol–water partition coefficient (Wildman–Crippen LogP) is 3.70. The third-order valence-corrected chi connectivity index (χ3v) is 3.52. The molecule has 1 N–H and O–H groups in total. The first-order valence-electron chi connectivity index (χ1n) is 7.45. The van der Waals surface area contributed by atoms with Gasteiger partial charge in [0.2, 0.25) is 0 Å². The Morgan fingerprint density at radius 3 is 2.21 bits per heavy atom. The molecule has 0 aliphatic rings. The number of alkyl halides is 3. The van der Waals surface area contributed by atoms with Gasteiger partial charge in [-0.3, -0.25) is 4.79 Å². The summed E-state index contributed by atoms with van der Waals surface area (Å²) >= 11 is 0. The van der Waals surface area contributed by atoms with Crippen LogP contribution in [-0.4, -0.2) is 24.9 Å². The number of nitrogens with one attached hydrogen (secondary N) is 1. The van der Waals surface area contributed by atoms with Crippen molar-refractivity contribution in [2.75, 3.05) is 14.1 Å². The Morgan fingerprint density at radius 2 is 1.58 bits per heavy atom. The Hall–Kier alpha value is -2.34. The minimum atomic E-state index is -4.56. The number of benzene rings is 2. The number of amides is 1. The van der Waals surface area contributed by atoms with Gasteiger partial charge in [-0.1, -0.05) is 36.4 Å². The van der Waals surface area contributed by atoms with Crippen LogP contribution in [0.15, 0.2) is 48.5 Å². The van der Waals surface area contributed by atoms with Crippen LogP contribution in [0.4, 0.5) is 13.2 Å². The molecule has 0 aliphatic carbocycles. The van der Waals surface area contributed by atoms with E-state index in [4.69, 9.17) is 0 Å². The molecule has 128 valence electrons. The first-order chi connectivity index (χ1) is 11.3. The lowest BCUT2D eigenvalue weighted by Crippen LogP contribution is -2.26. The average molecular weight is 336 g/mol. The van der Waals surface area contributed by atoms with Crippen molar-refractivity contribution in [2.45, 2.75) is 19.3 Å². The van der Waals surface area contributed by atoms with Gasteiger partial charge in [0.15, 0.2) is 0 Å². The van der Waals surface area contributed by atoms with Crippen LogP contribution in [0, 0.1) is 0 Å². The second-order valence-corrected chi connectivity index (χ2v) is 5.73. The smallest absolute Gasteiger partial charge is 0.348 e. The highest BCUT2D eigenvalue weighted by molar-refractivity contribution is 5.95. The van der Waals surface area contributed by atoms with E-state index in [1.54, 1.807) is 0 Å². The minimum Gasteiger partial charge on any atom is -0.348 e. The van der Waals surface area contributed by atoms with Crippen LogP contribution in [0.25, 0.3) is 0 Å². The summed E-state index contributed by atoms with van der Waals surface area (Å²) in [5, 5.41) is 2.58. The fraction of sp³-hybridized carbons (Fsp3) is 0.278. The maximum absolute atomic E-state index is 13.0. The number of hydrogen-bond acceptors (Lipinski definition) is 2. The predicted molar refractivity (Wildman–Crippen MR) is 86.4 cm³/mol. The van der Waals surface area contributed by atoms with Crippen LogP contribution in [-0.2, 0) is 19.3 Å². The van der Waals surface area contributed by atoms with Crippen molar-refractivity contribution in [3.63, 3.8) is 0 Å². The Bertz CT molecular complexity index is 711. The fourth-order valence-corrected chi connectivity index (χ4v) is 2.42. The lowest BCUT2D eigenvalue weighted by Gasteiger charge is -2.16. The second-order valence-electron chi connectivity index (χ2n) is 5.73. The number of hydrogen-bond donors (Lipinski definition) is 1. The molecule has 24 heavy (non-hydrogen) atoms. The van der Waals surface area contributed by atoms with E-state index in [9.17, 15) is 18.0 Å². The average Bonchev–Trinajstić information content (AvgIpc) is 2.52. The number of rotatable bonds is 5. The highest BCUT2D eigenvalue weighted by Gasteiger charge is 2.34. The first kappa shape index (κ1) is 18.0. The van der Waals surface area contributed by atoms with E-state index in [0.29, 0.717) is 6.54 Å². The van der Waals surface area contributed by atoms with Gasteiger partial charge in [-0.05, 0) is 37.4 Å². The fourth-order valence-electron chi connectivity index (χ4n) is 2.42. The molecule has 2 aromatic carbocycles. The van der Waals surface area contributed by atoms with Crippen molar-refractivity contribution >= 4 is 5.91 Å². The van der Waals surface area contributed by atoms with E-state index < -0.39 is 17.6 Å². The summed E-state index contributed by atoms with van der Waals surface area (Å²) in [6, 6.07) is 12.3. The molecule has 0 bridgehead atoms. The third kappa shape index (κ3) is 4.58. The van der Waals surface area contributed by atoms with E-state index in [1.807, 2.05) is 43.3 Å². The number of carbonyl (C=O) groups excluding carboxylic acids is 1. The molecular formula is C18H19F3N2O. The standard InChI is InChI=1S/C18H19F3N2O/c1-23(2)12-14-8-4-3-7-13(14)11-22-17(24)15-9-5-6-10-16(15)18(19,20)21/h3-10H,11-12H2,1-2H3,(H,22,24). The van der Waals surface area contributed by atoms with Gasteiger partial charge in [-0.15, -0.1) is 0 Å². The first-order valence-corrected chi connectivity index (χ1v) is 7.45. The van der Waals surface area contributed by atoms with Gasteiger partial charge in [0.05, 0.1) is 11.1 Å². The molecule has 0 saturated heterocycles. The van der Waals surface area contributed by atoms with E-state index in [1.165, 1.54) is 18.2 Å². The zero-order valence-electron chi connectivity index (χ0n) is 13.5. The molecule has 6 heteroatoms. The van der Waals surface area contributed by atoms with E-state index in [0.717, 1.165) is 17.2 Å². The van der Waals surface area contributed by atoms with E-state index in [2.05, 4.69) is 5.32 Å². The van der Waals surface area contributed by atoms with E-state index >= 15 is 0 Å². The van der Waals surface area contributed by atoms with Crippen molar-refractivity contribution in [2.24, 2.45) is 0 Å². The molecule has 0 saturated carbocycles. The molecular weight excluding hydrogens is 317 g/mol. The van der Waals surface area contributed by atoms with Crippen LogP contribution < -0.4 is 5.32 Å². The maximum atomic E-state index is 13.0. The molecule has 2 rings (SSSR count). The molecule has 0 unspecified atom stereocenters. The Kier molecular flexibility index (Phi) is 5.62. The molecule has 0 heterocycles. The third-order valence-electron chi connectivity index (χ3n) is 3.52. The lowest BCUT2D eigenvalue weighted by molar-refractivity contribution is -0.137. The molecule has 2 aromatic rings. The van der Waals surface area contributed by atoms with Gasteiger partial charge in [0, 0.05) is 13.1 Å². The molecule has 3 nitrogen and oxygen atoms in total. The van der Waals surface area contributed by atoms with Gasteiger partial charge in [0.25, 0.3) is 5.91 Å². The highest BCUT2D eigenvalue weighted by Crippen LogP contribution is 2.31. The summed E-state index contributed by atoms with van der Waals surface area (Å²) in [4.78, 5) is 14.2. The zero-order chi connectivity index (χ0) is 17.7. The SMILES string of the molecule is CN(C)Cc1ccccc1CNC(=O)c1ccccc1C(F)(F)F. The van der Waals surface area contributed by atoms with Gasteiger partial charge in [-0.2, -0.15) is 13.2 Å². The summed E-state index contributed by atoms with van der Waals surface area (Å²) in [5.41, 5.74) is 0.607. The van der Waals surface area contributed by atoms with Crippen LogP contribution in [0.3, 0.4) is 0 Å². The molecule has 0 aliphatic heterocycles. The maximum Gasteiger partial charge on any atom is 0.417 e. The monoisotopic (exact) mass is 336 g/mol. The second kappa shape index (κ2) is 7.49. The van der Waals surface area contributed by atoms with Crippen LogP contribution in [0.5, 0.6) is 0 Å². The van der Waals surface area contributed by atoms with Crippen molar-refractivity contribution in [3.05, 3.63) is 70.8 Å². The Labute approximate surface area is 139 Å². The van der Waals surface area contributed by atoms with E-state index in [-0.39, 0.29) is 12.1 Å². The minimum absolute atomic E-state index is 0.176. The molecule has 0 fully saturated rings. The number of carbonyl (C=O) groups is 1. The summed E-state index contributed by atoms with van der Waals surface area (Å²) in [6.45, 7) is 0.861. The lowest BCUT2D eigenvalue weighted by atomic mass is 10.0. The van der Waals surface area contributed by atoms with Gasteiger partial charge in [-0.25, -0.2) is 0 Å². The summed E-state index contributed by atoms with van der Waals surface area (Å²) in [6.07, 6.45) is -4.56. The van der Waals surface area contributed by atoms with Crippen molar-refractivity contribution in [1.82, 2.24) is 10.2 Å². The van der Waals surface area contributed by atoms with Crippen molar-refractivity contribution < 1.29 is 18.0 Å². The van der Waals surface area contributed by atoms with Crippen LogP contribution in [0.1, 0.15) is 27.0 Å². The quantitative estimate of drug-likeness (QED) is 0.903. The summed E-state index contributed by atoms with van der Waals surface area (Å²) < 4.78 is 39.0. The summed E-state index contributed by atoms with van der Waals surface area (Å²) in [5.74, 6) is -0.734. The molecule has 0 radical (unpaired) electrons. The molecule has 1 amide bonds. The zero-order valence-corrected chi connectivity index (χ0v) is 13.5. The van der Waals surface area contributed by atoms with Crippen LogP contribution in [0.2, 0.25) is 0 Å². The Morgan fingerprint density at radius 1 is 1.00 bits per heavy atom. The molecule has 0 atom stereocenters. The topological polar surface area (TPSA) is 32.3 Å². The number of nitrogens with zero attached hydrogens (tertiary/aromatic N) is 1. The normalized spacial score (nSPS) is 11.6. The Balaban J connectivity index is 2.16. The van der Waals surface area contributed by atoms with Gasteiger partial charge >= 0.3 is 6.18 Å². The number of halogens is 3. The molecule has 0 spiro atoms. The summed E-state index contributed by atoms with van der Waals surface area (Å²) in [7, 11) is 3.85. The highest BCUT2D eigenvalue weighted by atomic mass is 19.4. The van der Waals surface area contributed by atoms with Crippen molar-refractivity contribution in [3.8, 4) is 0 Å². The van der Waals surface area contributed by atoms with Gasteiger partial charge in [0.1, 0.15) is 0 Å². The molecule has 0 aromatic heterocycles. The van der Waals surface area contributed by atoms with Crippen LogP contribution >= 0.6 is 0 Å². The largest absolute Gasteiger partial charge is 0.417 e.